The molecule has 3 fully saturated rings. The van der Waals surface area contributed by atoms with E-state index in [4.69, 9.17) is 4.74 Å². The number of amides is 3. The van der Waals surface area contributed by atoms with E-state index in [1.807, 2.05) is 20.8 Å². The molecule has 38 heavy (non-hydrogen) atoms. The number of nitrogens with zero attached hydrogens (tertiary/aromatic N) is 2. The molecule has 210 valence electrons. The molecule has 1 aromatic rings. The van der Waals surface area contributed by atoms with Gasteiger partial charge in [0.05, 0.1) is 12.5 Å². The number of rotatable bonds is 5. The van der Waals surface area contributed by atoms with Crippen molar-refractivity contribution in [3.05, 3.63) is 29.6 Å². The molecule has 11 heteroatoms. The second-order valence-electron chi connectivity index (χ2n) is 11.6. The Morgan fingerprint density at radius 3 is 2.45 bits per heavy atom. The van der Waals surface area contributed by atoms with Crippen LogP contribution in [0.1, 0.15) is 64.4 Å². The fraction of sp³-hybridized carbons (Fsp3) is 0.667. The van der Waals surface area contributed by atoms with E-state index < -0.39 is 41.8 Å². The van der Waals surface area contributed by atoms with Crippen LogP contribution in [-0.2, 0) is 14.3 Å². The Balaban J connectivity index is 1.30. The van der Waals surface area contributed by atoms with Crippen molar-refractivity contribution in [2.45, 2.75) is 76.4 Å². The molecule has 0 aliphatic carbocycles. The average Bonchev–Trinajstić information content (AvgIpc) is 2.80. The summed E-state index contributed by atoms with van der Waals surface area (Å²) in [6.45, 7) is 7.04. The van der Waals surface area contributed by atoms with E-state index in [2.05, 4.69) is 10.6 Å². The minimum Gasteiger partial charge on any atom is -0.444 e. The third-order valence-corrected chi connectivity index (χ3v) is 7.42. The number of anilines is 1. The second kappa shape index (κ2) is 11.1. The summed E-state index contributed by atoms with van der Waals surface area (Å²) >= 11 is 0. The van der Waals surface area contributed by atoms with Crippen molar-refractivity contribution in [1.82, 2.24) is 15.1 Å². The highest BCUT2D eigenvalue weighted by molar-refractivity contribution is 6.01. The van der Waals surface area contributed by atoms with Gasteiger partial charge in [0.25, 0.3) is 5.92 Å². The molecule has 3 aliphatic rings. The van der Waals surface area contributed by atoms with Gasteiger partial charge in [-0.2, -0.15) is 0 Å². The summed E-state index contributed by atoms with van der Waals surface area (Å²) in [4.78, 5) is 38.9. The van der Waals surface area contributed by atoms with E-state index in [1.165, 1.54) is 12.1 Å². The van der Waals surface area contributed by atoms with E-state index in [9.17, 15) is 18.8 Å². The number of ether oxygens (including phenoxy) is 1. The summed E-state index contributed by atoms with van der Waals surface area (Å²) in [7, 11) is 0. The van der Waals surface area contributed by atoms with Crippen LogP contribution < -0.4 is 10.6 Å². The first-order valence-corrected chi connectivity index (χ1v) is 13.3. The van der Waals surface area contributed by atoms with Crippen molar-refractivity contribution in [2.24, 2.45) is 5.92 Å². The maximum Gasteiger partial charge on any atom is 0.410 e. The van der Waals surface area contributed by atoms with Crippen molar-refractivity contribution < 1.29 is 32.3 Å². The molecule has 4 rings (SSSR count). The van der Waals surface area contributed by atoms with Crippen LogP contribution in [0, 0.1) is 11.7 Å². The normalized spacial score (nSPS) is 25.2. The van der Waals surface area contributed by atoms with Gasteiger partial charge in [-0.05, 0) is 76.6 Å². The van der Waals surface area contributed by atoms with Gasteiger partial charge in [0.15, 0.2) is 0 Å². The van der Waals surface area contributed by atoms with Crippen LogP contribution in [0.2, 0.25) is 0 Å². The van der Waals surface area contributed by atoms with E-state index >= 15 is 8.78 Å². The zero-order valence-electron chi connectivity index (χ0n) is 22.2. The Hall–Kier alpha value is -2.82. The third-order valence-electron chi connectivity index (χ3n) is 7.42. The number of likely N-dealkylation sites (tertiary alicyclic amines) is 2. The number of alkyl halides is 2. The molecule has 1 aromatic carbocycles. The minimum atomic E-state index is -3.10. The predicted octanol–water partition coefficient (Wildman–Crippen LogP) is 4.11. The number of hydrogen-bond donors (Lipinski definition) is 2. The fourth-order valence-corrected chi connectivity index (χ4v) is 5.47. The van der Waals surface area contributed by atoms with Gasteiger partial charge in [0.2, 0.25) is 11.8 Å². The summed E-state index contributed by atoms with van der Waals surface area (Å²) in [5, 5.41) is 5.11. The Morgan fingerprint density at radius 1 is 1.13 bits per heavy atom. The maximum atomic E-state index is 15.2. The monoisotopic (exact) mass is 538 g/mol. The molecular formula is C27H37F3N4O4. The Morgan fingerprint density at radius 2 is 1.84 bits per heavy atom. The summed E-state index contributed by atoms with van der Waals surface area (Å²) in [5.41, 5.74) is -0.290. The van der Waals surface area contributed by atoms with Crippen LogP contribution in [0.15, 0.2) is 18.2 Å². The van der Waals surface area contributed by atoms with Crippen molar-refractivity contribution >= 4 is 23.6 Å². The van der Waals surface area contributed by atoms with Crippen LogP contribution >= 0.6 is 0 Å². The second-order valence-corrected chi connectivity index (χ2v) is 11.6. The summed E-state index contributed by atoms with van der Waals surface area (Å²) < 4.78 is 50.9. The number of halogens is 3. The van der Waals surface area contributed by atoms with Crippen molar-refractivity contribution in [3.63, 3.8) is 0 Å². The van der Waals surface area contributed by atoms with Crippen molar-refractivity contribution in [3.8, 4) is 0 Å². The third kappa shape index (κ3) is 6.98. The molecule has 0 aromatic heterocycles. The smallest absolute Gasteiger partial charge is 0.410 e. The molecular weight excluding hydrogens is 501 g/mol. The molecule has 0 spiro atoms. The zero-order chi connectivity index (χ0) is 27.7. The highest BCUT2D eigenvalue weighted by Gasteiger charge is 2.46. The lowest BCUT2D eigenvalue weighted by molar-refractivity contribution is -0.133. The molecule has 3 aliphatic heterocycles. The molecule has 8 nitrogen and oxygen atoms in total. The van der Waals surface area contributed by atoms with Gasteiger partial charge >= 0.3 is 6.09 Å². The lowest BCUT2D eigenvalue weighted by Crippen LogP contribution is -2.50. The number of hydrogen-bond acceptors (Lipinski definition) is 6. The van der Waals surface area contributed by atoms with Crippen LogP contribution in [0.4, 0.5) is 23.7 Å². The number of imide groups is 1. The van der Waals surface area contributed by atoms with E-state index in [-0.39, 0.29) is 42.7 Å². The Bertz CT molecular complexity index is 1050. The molecule has 2 unspecified atom stereocenters. The lowest BCUT2D eigenvalue weighted by Gasteiger charge is -2.41. The quantitative estimate of drug-likeness (QED) is 0.549. The molecule has 2 N–H and O–H groups in total. The summed E-state index contributed by atoms with van der Waals surface area (Å²) in [6.07, 6.45) is 1.69. The average molecular weight is 539 g/mol. The molecule has 3 amide bonds. The van der Waals surface area contributed by atoms with Gasteiger partial charge in [0, 0.05) is 31.7 Å². The van der Waals surface area contributed by atoms with Gasteiger partial charge in [-0.3, -0.25) is 19.8 Å². The molecule has 3 heterocycles. The number of carbonyl (C=O) groups excluding carboxylic acids is 3. The molecule has 0 bridgehead atoms. The van der Waals surface area contributed by atoms with Crippen molar-refractivity contribution in [2.75, 3.05) is 38.0 Å². The zero-order valence-corrected chi connectivity index (χ0v) is 22.2. The topological polar surface area (TPSA) is 91.0 Å². The number of nitrogens with one attached hydrogen (secondary N) is 2. The number of benzene rings is 1. The van der Waals surface area contributed by atoms with Gasteiger partial charge < -0.3 is 15.0 Å². The van der Waals surface area contributed by atoms with Gasteiger partial charge in [-0.1, -0.05) is 6.07 Å². The molecule has 0 saturated carbocycles. The summed E-state index contributed by atoms with van der Waals surface area (Å²) in [5.74, 6) is -5.72. The van der Waals surface area contributed by atoms with Crippen LogP contribution in [0.5, 0.6) is 0 Å². The number of piperidine rings is 3. The lowest BCUT2D eigenvalue weighted by atomic mass is 9.85. The van der Waals surface area contributed by atoms with Gasteiger partial charge in [-0.25, -0.2) is 18.0 Å². The SMILES string of the molecule is CC(C)(C)OC(=O)N1CCC(CN2CCC(c3ccc(NC4CCC(=O)NC4=O)cc3F)C(F)(F)C2)CC1. The largest absolute Gasteiger partial charge is 0.444 e. The summed E-state index contributed by atoms with van der Waals surface area (Å²) in [6, 6.07) is 3.33. The fourth-order valence-electron chi connectivity index (χ4n) is 5.47. The Labute approximate surface area is 221 Å². The maximum absolute atomic E-state index is 15.2. The first kappa shape index (κ1) is 28.2. The van der Waals surface area contributed by atoms with Gasteiger partial charge in [0.1, 0.15) is 17.5 Å². The van der Waals surface area contributed by atoms with Gasteiger partial charge in [-0.15, -0.1) is 0 Å². The number of carbonyl (C=O) groups is 3. The Kier molecular flexibility index (Phi) is 8.25. The predicted molar refractivity (Wildman–Crippen MR) is 135 cm³/mol. The molecule has 0 radical (unpaired) electrons. The standard InChI is InChI=1S/C27H37F3N4O4/c1-26(2,3)38-25(37)34-12-8-17(9-13-34)15-33-11-10-20(27(29,30)16-33)19-5-4-18(14-21(19)28)31-22-6-7-23(35)32-24(22)36/h4-5,14,17,20,22,31H,6-13,15-16H2,1-3H3,(H,32,35,36). The first-order chi connectivity index (χ1) is 17.8. The van der Waals surface area contributed by atoms with Crippen LogP contribution in [-0.4, -0.2) is 78.0 Å². The molecule has 2 atom stereocenters. The minimum absolute atomic E-state index is 0.0332. The van der Waals surface area contributed by atoms with E-state index in [0.717, 1.165) is 18.9 Å². The van der Waals surface area contributed by atoms with E-state index in [1.54, 1.807) is 9.80 Å². The van der Waals surface area contributed by atoms with Crippen molar-refractivity contribution in [1.29, 1.82) is 0 Å². The highest BCUT2D eigenvalue weighted by atomic mass is 19.3. The van der Waals surface area contributed by atoms with E-state index in [0.29, 0.717) is 31.9 Å². The first-order valence-electron chi connectivity index (χ1n) is 13.3. The van der Waals surface area contributed by atoms with Crippen LogP contribution in [0.3, 0.4) is 0 Å². The highest BCUT2D eigenvalue weighted by Crippen LogP contribution is 2.42. The van der Waals surface area contributed by atoms with Crippen LogP contribution in [0.25, 0.3) is 0 Å². The molecule has 3 saturated heterocycles.